The predicted octanol–water partition coefficient (Wildman–Crippen LogP) is 2.87. The molecule has 0 spiro atoms. The molecule has 0 saturated heterocycles. The summed E-state index contributed by atoms with van der Waals surface area (Å²) in [6.45, 7) is 3.35. The van der Waals surface area contributed by atoms with E-state index in [-0.39, 0.29) is 5.56 Å². The van der Waals surface area contributed by atoms with E-state index >= 15 is 0 Å². The van der Waals surface area contributed by atoms with Crippen molar-refractivity contribution >= 4 is 5.97 Å². The SMILES string of the molecule is CC(F)(F)c1cccc(C(C)(C)C(=O)O)c1O. The molecule has 94 valence electrons. The maximum absolute atomic E-state index is 13.2. The Morgan fingerprint density at radius 2 is 1.65 bits per heavy atom. The van der Waals surface area contributed by atoms with Crippen molar-refractivity contribution in [2.24, 2.45) is 0 Å². The molecule has 0 amide bonds. The van der Waals surface area contributed by atoms with Crippen LogP contribution in [0.1, 0.15) is 31.9 Å². The van der Waals surface area contributed by atoms with Crippen molar-refractivity contribution < 1.29 is 23.8 Å². The Bertz CT molecular complexity index is 448. The number of carboxylic acids is 1. The zero-order valence-corrected chi connectivity index (χ0v) is 9.79. The van der Waals surface area contributed by atoms with Crippen LogP contribution in [0.5, 0.6) is 5.75 Å². The maximum atomic E-state index is 13.2. The van der Waals surface area contributed by atoms with Crippen LogP contribution in [0.2, 0.25) is 0 Å². The number of phenolic OH excluding ortho intramolecular Hbond substituents is 1. The average Bonchev–Trinajstić information content (AvgIpc) is 2.15. The number of hydrogen-bond acceptors (Lipinski definition) is 2. The van der Waals surface area contributed by atoms with Crippen molar-refractivity contribution in [2.75, 3.05) is 0 Å². The molecule has 0 bridgehead atoms. The summed E-state index contributed by atoms with van der Waals surface area (Å²) in [5.41, 5.74) is -2.01. The molecule has 0 saturated carbocycles. The number of halogens is 2. The largest absolute Gasteiger partial charge is 0.507 e. The minimum Gasteiger partial charge on any atom is -0.507 e. The molecule has 3 nitrogen and oxygen atoms in total. The van der Waals surface area contributed by atoms with Crippen LogP contribution in [0.15, 0.2) is 18.2 Å². The van der Waals surface area contributed by atoms with Gasteiger partial charge in [-0.1, -0.05) is 12.1 Å². The van der Waals surface area contributed by atoms with Crippen LogP contribution >= 0.6 is 0 Å². The Balaban J connectivity index is 3.44. The number of para-hydroxylation sites is 1. The normalized spacial score (nSPS) is 12.5. The molecule has 17 heavy (non-hydrogen) atoms. The van der Waals surface area contributed by atoms with Crippen molar-refractivity contribution in [1.29, 1.82) is 0 Å². The first kappa shape index (κ1) is 13.4. The van der Waals surface area contributed by atoms with Crippen LogP contribution < -0.4 is 0 Å². The summed E-state index contributed by atoms with van der Waals surface area (Å²) in [5.74, 6) is -5.06. The van der Waals surface area contributed by atoms with Crippen molar-refractivity contribution in [3.8, 4) is 5.75 Å². The van der Waals surface area contributed by atoms with Gasteiger partial charge in [0.15, 0.2) is 0 Å². The molecule has 0 unspecified atom stereocenters. The molecule has 0 aliphatic rings. The highest BCUT2D eigenvalue weighted by molar-refractivity contribution is 5.81. The van der Waals surface area contributed by atoms with E-state index in [9.17, 15) is 18.7 Å². The Morgan fingerprint density at radius 1 is 1.18 bits per heavy atom. The number of phenols is 1. The number of benzene rings is 1. The van der Waals surface area contributed by atoms with E-state index in [1.807, 2.05) is 0 Å². The van der Waals surface area contributed by atoms with Gasteiger partial charge in [-0.15, -0.1) is 0 Å². The predicted molar refractivity (Wildman–Crippen MR) is 58.3 cm³/mol. The number of aliphatic carboxylic acids is 1. The van der Waals surface area contributed by atoms with E-state index in [0.717, 1.165) is 6.07 Å². The van der Waals surface area contributed by atoms with Crippen LogP contribution in [0, 0.1) is 0 Å². The van der Waals surface area contributed by atoms with Crippen molar-refractivity contribution in [1.82, 2.24) is 0 Å². The van der Waals surface area contributed by atoms with E-state index in [1.54, 1.807) is 0 Å². The van der Waals surface area contributed by atoms with Crippen molar-refractivity contribution in [3.05, 3.63) is 29.3 Å². The number of hydrogen-bond donors (Lipinski definition) is 2. The lowest BCUT2D eigenvalue weighted by atomic mass is 9.82. The fourth-order valence-electron chi connectivity index (χ4n) is 1.52. The Kier molecular flexibility index (Phi) is 3.14. The summed E-state index contributed by atoms with van der Waals surface area (Å²) in [6.07, 6.45) is 0. The van der Waals surface area contributed by atoms with Gasteiger partial charge in [-0.25, -0.2) is 8.78 Å². The zero-order valence-electron chi connectivity index (χ0n) is 9.79. The second-order valence-corrected chi connectivity index (χ2v) is 4.52. The van der Waals surface area contributed by atoms with Crippen LogP contribution in [0.4, 0.5) is 8.78 Å². The quantitative estimate of drug-likeness (QED) is 0.859. The highest BCUT2D eigenvalue weighted by atomic mass is 19.3. The average molecular weight is 244 g/mol. The number of rotatable bonds is 3. The topological polar surface area (TPSA) is 57.5 Å². The third kappa shape index (κ3) is 2.38. The molecule has 0 atom stereocenters. The molecule has 2 N–H and O–H groups in total. The van der Waals surface area contributed by atoms with Gasteiger partial charge in [0.25, 0.3) is 5.92 Å². The van der Waals surface area contributed by atoms with Crippen molar-refractivity contribution in [3.63, 3.8) is 0 Å². The van der Waals surface area contributed by atoms with Crippen LogP contribution in [-0.4, -0.2) is 16.2 Å². The van der Waals surface area contributed by atoms with Crippen LogP contribution in [0.25, 0.3) is 0 Å². The molecule has 1 rings (SSSR count). The van der Waals surface area contributed by atoms with Gasteiger partial charge in [0.05, 0.1) is 11.0 Å². The standard InChI is InChI=1S/C12H14F2O3/c1-11(2,10(16)17)7-5-4-6-8(9(7)15)12(3,13)14/h4-6,15H,1-3H3,(H,16,17). The highest BCUT2D eigenvalue weighted by Crippen LogP contribution is 2.40. The van der Waals surface area contributed by atoms with Gasteiger partial charge in [0.1, 0.15) is 5.75 Å². The summed E-state index contributed by atoms with van der Waals surface area (Å²) in [7, 11) is 0. The number of aromatic hydroxyl groups is 1. The van der Waals surface area contributed by atoms with Gasteiger partial charge in [-0.3, -0.25) is 4.79 Å². The van der Waals surface area contributed by atoms with E-state index in [2.05, 4.69) is 0 Å². The molecular weight excluding hydrogens is 230 g/mol. The minimum atomic E-state index is -3.21. The number of carboxylic acid groups (broad SMARTS) is 1. The lowest BCUT2D eigenvalue weighted by Gasteiger charge is -2.23. The summed E-state index contributed by atoms with van der Waals surface area (Å²) < 4.78 is 26.4. The first-order chi connectivity index (χ1) is 7.58. The van der Waals surface area contributed by atoms with Crippen LogP contribution in [0.3, 0.4) is 0 Å². The molecule has 5 heteroatoms. The number of alkyl halides is 2. The molecule has 0 radical (unpaired) electrons. The fourth-order valence-corrected chi connectivity index (χ4v) is 1.52. The molecule has 0 heterocycles. The zero-order chi connectivity index (χ0) is 13.4. The van der Waals surface area contributed by atoms with E-state index in [1.165, 1.54) is 26.0 Å². The molecule has 0 aliphatic carbocycles. The van der Waals surface area contributed by atoms with Gasteiger partial charge >= 0.3 is 5.97 Å². The summed E-state index contributed by atoms with van der Waals surface area (Å²) in [5, 5.41) is 18.8. The fraction of sp³-hybridized carbons (Fsp3) is 0.417. The smallest absolute Gasteiger partial charge is 0.313 e. The Morgan fingerprint density at radius 3 is 2.06 bits per heavy atom. The third-order valence-corrected chi connectivity index (χ3v) is 2.72. The monoisotopic (exact) mass is 244 g/mol. The second-order valence-electron chi connectivity index (χ2n) is 4.52. The first-order valence-corrected chi connectivity index (χ1v) is 5.02. The molecule has 0 aliphatic heterocycles. The van der Waals surface area contributed by atoms with Crippen molar-refractivity contribution in [2.45, 2.75) is 32.1 Å². The molecule has 0 fully saturated rings. The summed E-state index contributed by atoms with van der Waals surface area (Å²) in [4.78, 5) is 11.0. The van der Waals surface area contributed by atoms with Gasteiger partial charge in [-0.2, -0.15) is 0 Å². The maximum Gasteiger partial charge on any atom is 0.313 e. The summed E-state index contributed by atoms with van der Waals surface area (Å²) in [6, 6.07) is 3.72. The molecule has 1 aromatic carbocycles. The summed E-state index contributed by atoms with van der Waals surface area (Å²) >= 11 is 0. The second kappa shape index (κ2) is 3.98. The molecule has 1 aromatic rings. The van der Waals surface area contributed by atoms with E-state index in [4.69, 9.17) is 5.11 Å². The Hall–Kier alpha value is -1.65. The van der Waals surface area contributed by atoms with Gasteiger partial charge < -0.3 is 10.2 Å². The van der Waals surface area contributed by atoms with Gasteiger partial charge in [-0.05, 0) is 19.9 Å². The Labute approximate surface area is 97.7 Å². The lowest BCUT2D eigenvalue weighted by molar-refractivity contribution is -0.142. The van der Waals surface area contributed by atoms with E-state index < -0.39 is 28.6 Å². The van der Waals surface area contributed by atoms with Crippen LogP contribution in [-0.2, 0) is 16.1 Å². The van der Waals surface area contributed by atoms with Gasteiger partial charge in [0.2, 0.25) is 0 Å². The molecular formula is C12H14F2O3. The molecule has 0 aromatic heterocycles. The minimum absolute atomic E-state index is 0.0241. The van der Waals surface area contributed by atoms with E-state index in [0.29, 0.717) is 6.92 Å². The van der Waals surface area contributed by atoms with Gasteiger partial charge in [0, 0.05) is 12.5 Å². The lowest BCUT2D eigenvalue weighted by Crippen LogP contribution is -2.29. The highest BCUT2D eigenvalue weighted by Gasteiger charge is 2.36. The first-order valence-electron chi connectivity index (χ1n) is 5.02. The third-order valence-electron chi connectivity index (χ3n) is 2.72. The number of carbonyl (C=O) groups is 1.